The Morgan fingerprint density at radius 1 is 1.04 bits per heavy atom. The van der Waals surface area contributed by atoms with Gasteiger partial charge in [0.25, 0.3) is 0 Å². The molecule has 1 aromatic heterocycles. The normalized spacial score (nSPS) is 15.0. The van der Waals surface area contributed by atoms with Gasteiger partial charge in [-0.3, -0.25) is 4.90 Å². The Kier molecular flexibility index (Phi) is 6.00. The molecule has 0 atom stereocenters. The Morgan fingerprint density at radius 2 is 1.69 bits per heavy atom. The summed E-state index contributed by atoms with van der Waals surface area (Å²) in [5.41, 5.74) is 1.95. The first kappa shape index (κ1) is 18.5. The molecule has 1 saturated heterocycles. The van der Waals surface area contributed by atoms with Crippen LogP contribution in [0.25, 0.3) is 0 Å². The molecule has 7 nitrogen and oxygen atoms in total. The number of rotatable bonds is 6. The molecule has 0 unspecified atom stereocenters. The maximum atomic E-state index is 6.17. The Hall–Kier alpha value is -2.25. The SMILES string of the molecule is CNc1c(Cl)ncnc1N1CCN(Cc2cc(OC)cc(OC)c2)CC1. The molecule has 0 bridgehead atoms. The Labute approximate surface area is 158 Å². The zero-order chi connectivity index (χ0) is 18.5. The molecule has 2 heterocycles. The second-order valence-electron chi connectivity index (χ2n) is 6.10. The van der Waals surface area contributed by atoms with E-state index in [0.29, 0.717) is 5.15 Å². The molecule has 0 saturated carbocycles. The maximum absolute atomic E-state index is 6.17. The van der Waals surface area contributed by atoms with E-state index in [1.165, 1.54) is 11.9 Å². The Morgan fingerprint density at radius 3 is 2.27 bits per heavy atom. The first-order valence-electron chi connectivity index (χ1n) is 8.52. The summed E-state index contributed by atoms with van der Waals surface area (Å²) in [7, 11) is 5.17. The fourth-order valence-corrected chi connectivity index (χ4v) is 3.37. The summed E-state index contributed by atoms with van der Waals surface area (Å²) in [6, 6.07) is 6.00. The maximum Gasteiger partial charge on any atom is 0.157 e. The van der Waals surface area contributed by atoms with Crippen LogP contribution in [-0.2, 0) is 6.54 Å². The molecule has 2 aromatic rings. The number of aromatic nitrogens is 2. The third-order valence-corrected chi connectivity index (χ3v) is 4.81. The number of hydrogen-bond donors (Lipinski definition) is 1. The summed E-state index contributed by atoms with van der Waals surface area (Å²) in [6.07, 6.45) is 1.51. The van der Waals surface area contributed by atoms with Crippen molar-refractivity contribution in [3.63, 3.8) is 0 Å². The van der Waals surface area contributed by atoms with E-state index in [9.17, 15) is 0 Å². The molecule has 1 aliphatic rings. The lowest BCUT2D eigenvalue weighted by Gasteiger charge is -2.36. The van der Waals surface area contributed by atoms with Crippen LogP contribution < -0.4 is 19.7 Å². The van der Waals surface area contributed by atoms with Crippen molar-refractivity contribution in [1.29, 1.82) is 0 Å². The zero-order valence-corrected chi connectivity index (χ0v) is 16.1. The highest BCUT2D eigenvalue weighted by atomic mass is 35.5. The molecule has 140 valence electrons. The summed E-state index contributed by atoms with van der Waals surface area (Å²) < 4.78 is 10.7. The number of hydrogen-bond acceptors (Lipinski definition) is 7. The molecule has 1 aromatic carbocycles. The van der Waals surface area contributed by atoms with Gasteiger partial charge in [-0.15, -0.1) is 0 Å². The van der Waals surface area contributed by atoms with Gasteiger partial charge in [-0.25, -0.2) is 9.97 Å². The van der Waals surface area contributed by atoms with Crippen molar-refractivity contribution < 1.29 is 9.47 Å². The first-order chi connectivity index (χ1) is 12.6. The van der Waals surface area contributed by atoms with Crippen molar-refractivity contribution >= 4 is 23.1 Å². The fraction of sp³-hybridized carbons (Fsp3) is 0.444. The van der Waals surface area contributed by atoms with E-state index in [1.54, 1.807) is 14.2 Å². The minimum absolute atomic E-state index is 0.448. The number of halogens is 1. The summed E-state index contributed by atoms with van der Waals surface area (Å²) >= 11 is 6.17. The second kappa shape index (κ2) is 8.42. The van der Waals surface area contributed by atoms with Gasteiger partial charge in [-0.05, 0) is 17.7 Å². The van der Waals surface area contributed by atoms with E-state index in [-0.39, 0.29) is 0 Å². The highest BCUT2D eigenvalue weighted by Gasteiger charge is 2.22. The van der Waals surface area contributed by atoms with E-state index >= 15 is 0 Å². The van der Waals surface area contributed by atoms with Crippen LogP contribution in [0.15, 0.2) is 24.5 Å². The molecule has 3 rings (SSSR count). The first-order valence-corrected chi connectivity index (χ1v) is 8.90. The number of nitrogens with zero attached hydrogens (tertiary/aromatic N) is 4. The lowest BCUT2D eigenvalue weighted by molar-refractivity contribution is 0.248. The Balaban J connectivity index is 1.65. The molecule has 0 aliphatic carbocycles. The Bertz CT molecular complexity index is 728. The summed E-state index contributed by atoms with van der Waals surface area (Å²) in [5, 5.41) is 3.55. The molecule has 26 heavy (non-hydrogen) atoms. The standard InChI is InChI=1S/C18H24ClN5O2/c1-20-16-17(19)21-12-22-18(16)24-6-4-23(5-7-24)11-13-8-14(25-2)10-15(9-13)26-3/h8-10,12,20H,4-7,11H2,1-3H3. The van der Waals surface area contributed by atoms with Gasteiger partial charge in [0.2, 0.25) is 0 Å². The molecule has 1 N–H and O–H groups in total. The number of piperazine rings is 1. The number of anilines is 2. The van der Waals surface area contributed by atoms with Gasteiger partial charge < -0.3 is 19.7 Å². The summed E-state index contributed by atoms with van der Waals surface area (Å²) in [4.78, 5) is 13.1. The van der Waals surface area contributed by atoms with Crippen LogP contribution in [0.2, 0.25) is 5.15 Å². The van der Waals surface area contributed by atoms with Crippen LogP contribution in [0.3, 0.4) is 0 Å². The predicted octanol–water partition coefficient (Wildman–Crippen LogP) is 2.51. The molecule has 0 radical (unpaired) electrons. The highest BCUT2D eigenvalue weighted by Crippen LogP contribution is 2.29. The van der Waals surface area contributed by atoms with Gasteiger partial charge in [0.1, 0.15) is 23.5 Å². The van der Waals surface area contributed by atoms with E-state index in [1.807, 2.05) is 13.1 Å². The van der Waals surface area contributed by atoms with Crippen molar-refractivity contribution in [1.82, 2.24) is 14.9 Å². The van der Waals surface area contributed by atoms with Crippen LogP contribution in [0.1, 0.15) is 5.56 Å². The number of methoxy groups -OCH3 is 2. The molecular weight excluding hydrogens is 354 g/mol. The number of ether oxygens (including phenoxy) is 2. The average Bonchev–Trinajstić information content (AvgIpc) is 2.68. The van der Waals surface area contributed by atoms with Crippen LogP contribution in [0, 0.1) is 0 Å². The van der Waals surface area contributed by atoms with Crippen molar-refractivity contribution in [3.8, 4) is 11.5 Å². The van der Waals surface area contributed by atoms with Crippen LogP contribution in [0.5, 0.6) is 11.5 Å². The van der Waals surface area contributed by atoms with E-state index in [4.69, 9.17) is 21.1 Å². The quantitative estimate of drug-likeness (QED) is 0.776. The van der Waals surface area contributed by atoms with Crippen molar-refractivity contribution in [2.45, 2.75) is 6.54 Å². The molecular formula is C18H24ClN5O2. The van der Waals surface area contributed by atoms with Gasteiger partial charge in [0.15, 0.2) is 11.0 Å². The molecule has 1 fully saturated rings. The largest absolute Gasteiger partial charge is 0.497 e. The number of benzene rings is 1. The second-order valence-corrected chi connectivity index (χ2v) is 6.46. The van der Waals surface area contributed by atoms with Crippen LogP contribution in [-0.4, -0.2) is 62.3 Å². The van der Waals surface area contributed by atoms with Crippen molar-refractivity contribution in [3.05, 3.63) is 35.2 Å². The summed E-state index contributed by atoms with van der Waals surface area (Å²) in [6.45, 7) is 4.48. The van der Waals surface area contributed by atoms with E-state index in [2.05, 4.69) is 37.2 Å². The zero-order valence-electron chi connectivity index (χ0n) is 15.3. The summed E-state index contributed by atoms with van der Waals surface area (Å²) in [5.74, 6) is 2.48. The lowest BCUT2D eigenvalue weighted by atomic mass is 10.1. The van der Waals surface area contributed by atoms with Crippen LogP contribution >= 0.6 is 11.6 Å². The predicted molar refractivity (Wildman–Crippen MR) is 104 cm³/mol. The van der Waals surface area contributed by atoms with Crippen molar-refractivity contribution in [2.24, 2.45) is 0 Å². The van der Waals surface area contributed by atoms with Gasteiger partial charge in [-0.2, -0.15) is 0 Å². The van der Waals surface area contributed by atoms with Crippen molar-refractivity contribution in [2.75, 3.05) is 57.7 Å². The van der Waals surface area contributed by atoms with E-state index < -0.39 is 0 Å². The molecule has 0 spiro atoms. The van der Waals surface area contributed by atoms with Gasteiger partial charge >= 0.3 is 0 Å². The topological polar surface area (TPSA) is 62.8 Å². The van der Waals surface area contributed by atoms with Gasteiger partial charge in [0.05, 0.1) is 14.2 Å². The lowest BCUT2D eigenvalue weighted by Crippen LogP contribution is -2.46. The average molecular weight is 378 g/mol. The van der Waals surface area contributed by atoms with Gasteiger partial charge in [-0.1, -0.05) is 11.6 Å². The number of nitrogens with one attached hydrogen (secondary N) is 1. The van der Waals surface area contributed by atoms with Crippen LogP contribution in [0.4, 0.5) is 11.5 Å². The fourth-order valence-electron chi connectivity index (χ4n) is 3.14. The molecule has 8 heteroatoms. The van der Waals surface area contributed by atoms with E-state index in [0.717, 1.165) is 55.7 Å². The third kappa shape index (κ3) is 4.11. The smallest absolute Gasteiger partial charge is 0.157 e. The monoisotopic (exact) mass is 377 g/mol. The minimum Gasteiger partial charge on any atom is -0.497 e. The molecule has 0 amide bonds. The third-order valence-electron chi connectivity index (χ3n) is 4.52. The molecule has 1 aliphatic heterocycles. The highest BCUT2D eigenvalue weighted by molar-refractivity contribution is 6.32. The minimum atomic E-state index is 0.448. The van der Waals surface area contributed by atoms with Gasteiger partial charge in [0, 0.05) is 45.8 Å².